The average Bonchev–Trinajstić information content (AvgIpc) is 2.33. The molecule has 1 aromatic rings. The first-order chi connectivity index (χ1) is 8.86. The Kier molecular flexibility index (Phi) is 4.86. The molecule has 0 heterocycles. The predicted octanol–water partition coefficient (Wildman–Crippen LogP) is 2.09. The second-order valence-corrected chi connectivity index (χ2v) is 4.72. The molecule has 0 fully saturated rings. The monoisotopic (exact) mass is 267 g/mol. The Morgan fingerprint density at radius 3 is 2.63 bits per heavy atom. The second-order valence-electron chi connectivity index (χ2n) is 4.72. The minimum Gasteiger partial charge on any atom is -0.409 e. The Balaban J connectivity index is 2.97. The summed E-state index contributed by atoms with van der Waals surface area (Å²) in [5.74, 6) is -2.22. The molecule has 0 saturated carbocycles. The molecule has 4 N–H and O–H groups in total. The van der Waals surface area contributed by atoms with Crippen molar-refractivity contribution in [1.82, 2.24) is 0 Å². The summed E-state index contributed by atoms with van der Waals surface area (Å²) in [6, 6.07) is 4.41. The zero-order chi connectivity index (χ0) is 14.6. The summed E-state index contributed by atoms with van der Waals surface area (Å²) in [7, 11) is 0. The Morgan fingerprint density at radius 2 is 2.11 bits per heavy atom. The van der Waals surface area contributed by atoms with Gasteiger partial charge in [-0.1, -0.05) is 25.1 Å². The van der Waals surface area contributed by atoms with Crippen molar-refractivity contribution in [3.05, 3.63) is 29.6 Å². The lowest BCUT2D eigenvalue weighted by Gasteiger charge is -2.19. The zero-order valence-electron chi connectivity index (χ0n) is 11.1. The van der Waals surface area contributed by atoms with E-state index in [9.17, 15) is 9.18 Å². The van der Waals surface area contributed by atoms with Gasteiger partial charge in [-0.25, -0.2) is 4.39 Å². The molecular weight excluding hydrogens is 249 g/mol. The van der Waals surface area contributed by atoms with Crippen molar-refractivity contribution in [2.45, 2.75) is 20.8 Å². The van der Waals surface area contributed by atoms with Gasteiger partial charge in [0.15, 0.2) is 5.84 Å². The molecule has 0 aliphatic rings. The van der Waals surface area contributed by atoms with Gasteiger partial charge in [-0.15, -0.1) is 0 Å². The number of nitrogens with two attached hydrogens (primary N) is 1. The highest BCUT2D eigenvalue weighted by atomic mass is 19.1. The third kappa shape index (κ3) is 3.67. The van der Waals surface area contributed by atoms with Crippen LogP contribution in [-0.4, -0.2) is 17.0 Å². The van der Waals surface area contributed by atoms with Crippen molar-refractivity contribution in [3.8, 4) is 0 Å². The van der Waals surface area contributed by atoms with E-state index in [2.05, 4.69) is 10.5 Å². The third-order valence-electron chi connectivity index (χ3n) is 2.76. The molecule has 0 spiro atoms. The fraction of sp³-hybridized carbons (Fsp3) is 0.385. The van der Waals surface area contributed by atoms with Crippen LogP contribution in [0, 0.1) is 24.6 Å². The van der Waals surface area contributed by atoms with Gasteiger partial charge in [0.2, 0.25) is 5.91 Å². The fourth-order valence-electron chi connectivity index (χ4n) is 1.79. The predicted molar refractivity (Wildman–Crippen MR) is 71.5 cm³/mol. The van der Waals surface area contributed by atoms with E-state index in [0.29, 0.717) is 0 Å². The van der Waals surface area contributed by atoms with Gasteiger partial charge in [0.05, 0.1) is 5.69 Å². The number of benzene rings is 1. The molecule has 0 aliphatic carbocycles. The number of hydrogen-bond donors (Lipinski definition) is 3. The lowest BCUT2D eigenvalue weighted by atomic mass is 9.93. The van der Waals surface area contributed by atoms with Gasteiger partial charge >= 0.3 is 0 Å². The van der Waals surface area contributed by atoms with E-state index in [1.165, 1.54) is 12.1 Å². The summed E-state index contributed by atoms with van der Waals surface area (Å²) in [6.45, 7) is 5.31. The van der Waals surface area contributed by atoms with Crippen molar-refractivity contribution < 1.29 is 14.4 Å². The number of aryl methyl sites for hydroxylation is 1. The molecule has 0 bridgehead atoms. The number of carbonyl (C=O) groups is 1. The van der Waals surface area contributed by atoms with Crippen molar-refractivity contribution in [1.29, 1.82) is 0 Å². The van der Waals surface area contributed by atoms with E-state index < -0.39 is 17.6 Å². The van der Waals surface area contributed by atoms with Gasteiger partial charge < -0.3 is 16.3 Å². The van der Waals surface area contributed by atoms with Crippen LogP contribution in [-0.2, 0) is 4.79 Å². The van der Waals surface area contributed by atoms with E-state index in [1.807, 2.05) is 0 Å². The molecule has 0 aliphatic heterocycles. The number of amides is 1. The summed E-state index contributed by atoms with van der Waals surface area (Å²) in [5.41, 5.74) is 6.39. The Labute approximate surface area is 111 Å². The van der Waals surface area contributed by atoms with E-state index in [-0.39, 0.29) is 17.4 Å². The SMILES string of the molecule is Cc1ccc(F)c(NC(=O)C(C(N)=NO)C(C)C)c1. The number of rotatable bonds is 4. The summed E-state index contributed by atoms with van der Waals surface area (Å²) in [5, 5.41) is 14.0. The lowest BCUT2D eigenvalue weighted by Crippen LogP contribution is -2.38. The van der Waals surface area contributed by atoms with Gasteiger partial charge in [0.25, 0.3) is 0 Å². The van der Waals surface area contributed by atoms with Crippen LogP contribution < -0.4 is 11.1 Å². The Hall–Kier alpha value is -2.11. The van der Waals surface area contributed by atoms with Gasteiger partial charge in [0, 0.05) is 0 Å². The molecule has 5 nitrogen and oxygen atoms in total. The molecule has 0 saturated heterocycles. The molecule has 0 aromatic heterocycles. The van der Waals surface area contributed by atoms with Gasteiger partial charge in [-0.05, 0) is 30.5 Å². The number of oxime groups is 1. The molecule has 1 atom stereocenters. The van der Waals surface area contributed by atoms with Crippen LogP contribution in [0.5, 0.6) is 0 Å². The van der Waals surface area contributed by atoms with Crippen LogP contribution in [0.2, 0.25) is 0 Å². The minimum absolute atomic E-state index is 0.0846. The fourth-order valence-corrected chi connectivity index (χ4v) is 1.79. The highest BCUT2D eigenvalue weighted by molar-refractivity contribution is 6.08. The first-order valence-electron chi connectivity index (χ1n) is 5.91. The maximum absolute atomic E-state index is 13.6. The summed E-state index contributed by atoms with van der Waals surface area (Å²) in [6.07, 6.45) is 0. The molecule has 0 radical (unpaired) electrons. The second kappa shape index (κ2) is 6.17. The van der Waals surface area contributed by atoms with Gasteiger partial charge in [-0.2, -0.15) is 0 Å². The van der Waals surface area contributed by atoms with E-state index >= 15 is 0 Å². The first-order valence-corrected chi connectivity index (χ1v) is 5.91. The number of nitrogens with zero attached hydrogens (tertiary/aromatic N) is 1. The molecule has 104 valence electrons. The average molecular weight is 267 g/mol. The molecule has 1 rings (SSSR count). The van der Waals surface area contributed by atoms with Crippen LogP contribution in [0.15, 0.2) is 23.4 Å². The Bertz CT molecular complexity index is 501. The first kappa shape index (κ1) is 14.9. The van der Waals surface area contributed by atoms with Gasteiger partial charge in [-0.3, -0.25) is 4.79 Å². The van der Waals surface area contributed by atoms with Crippen molar-refractivity contribution in [2.75, 3.05) is 5.32 Å². The third-order valence-corrected chi connectivity index (χ3v) is 2.76. The van der Waals surface area contributed by atoms with Crippen LogP contribution >= 0.6 is 0 Å². The van der Waals surface area contributed by atoms with Crippen LogP contribution in [0.25, 0.3) is 0 Å². The quantitative estimate of drug-likeness (QED) is 0.338. The van der Waals surface area contributed by atoms with E-state index in [1.54, 1.807) is 26.8 Å². The lowest BCUT2D eigenvalue weighted by molar-refractivity contribution is -0.119. The number of anilines is 1. The number of hydrogen-bond acceptors (Lipinski definition) is 3. The highest BCUT2D eigenvalue weighted by Gasteiger charge is 2.27. The summed E-state index contributed by atoms with van der Waals surface area (Å²) >= 11 is 0. The standard InChI is InChI=1S/C13H18FN3O2/c1-7(2)11(12(15)17-19)13(18)16-10-6-8(3)4-5-9(10)14/h4-7,11,19H,1-3H3,(H2,15,17)(H,16,18). The van der Waals surface area contributed by atoms with Crippen molar-refractivity contribution >= 4 is 17.4 Å². The number of halogens is 1. The zero-order valence-corrected chi connectivity index (χ0v) is 11.1. The normalized spacial score (nSPS) is 13.4. The van der Waals surface area contributed by atoms with Crippen LogP contribution in [0.1, 0.15) is 19.4 Å². The summed E-state index contributed by atoms with van der Waals surface area (Å²) in [4.78, 5) is 12.1. The molecule has 1 unspecified atom stereocenters. The molecule has 1 aromatic carbocycles. The van der Waals surface area contributed by atoms with Crippen LogP contribution in [0.4, 0.5) is 10.1 Å². The maximum atomic E-state index is 13.6. The number of nitrogens with one attached hydrogen (secondary N) is 1. The topological polar surface area (TPSA) is 87.7 Å². The van der Waals surface area contributed by atoms with E-state index in [0.717, 1.165) is 5.56 Å². The highest BCUT2D eigenvalue weighted by Crippen LogP contribution is 2.19. The Morgan fingerprint density at radius 1 is 1.47 bits per heavy atom. The van der Waals surface area contributed by atoms with Crippen LogP contribution in [0.3, 0.4) is 0 Å². The van der Waals surface area contributed by atoms with Crippen molar-refractivity contribution in [2.24, 2.45) is 22.7 Å². The molecule has 1 amide bonds. The summed E-state index contributed by atoms with van der Waals surface area (Å²) < 4.78 is 13.6. The van der Waals surface area contributed by atoms with Crippen molar-refractivity contribution in [3.63, 3.8) is 0 Å². The smallest absolute Gasteiger partial charge is 0.235 e. The molecule has 6 heteroatoms. The number of amidine groups is 1. The van der Waals surface area contributed by atoms with Gasteiger partial charge in [0.1, 0.15) is 11.7 Å². The number of carbonyl (C=O) groups excluding carboxylic acids is 1. The molecular formula is C13H18FN3O2. The molecule has 19 heavy (non-hydrogen) atoms. The van der Waals surface area contributed by atoms with E-state index in [4.69, 9.17) is 10.9 Å². The minimum atomic E-state index is -0.815. The maximum Gasteiger partial charge on any atom is 0.235 e. The largest absolute Gasteiger partial charge is 0.409 e.